The molecule has 0 aliphatic carbocycles. The second-order valence-corrected chi connectivity index (χ2v) is 6.98. The average Bonchev–Trinajstić information content (AvgIpc) is 2.72. The van der Waals surface area contributed by atoms with E-state index in [4.69, 9.17) is 0 Å². The highest BCUT2D eigenvalue weighted by Crippen LogP contribution is 2.25. The lowest BCUT2D eigenvalue weighted by Crippen LogP contribution is -1.88. The molecule has 0 aliphatic rings. The maximum absolute atomic E-state index is 4.50. The molecule has 0 bridgehead atoms. The Morgan fingerprint density at radius 2 is 1.19 bits per heavy atom. The zero-order valence-electron chi connectivity index (χ0n) is 16.0. The van der Waals surface area contributed by atoms with Crippen LogP contribution in [0.5, 0.6) is 0 Å². The minimum Gasteiger partial charge on any atom is -0.261 e. The summed E-state index contributed by atoms with van der Waals surface area (Å²) in [5.74, 6) is 0. The average molecular weight is 344 g/mol. The van der Waals surface area contributed by atoms with Gasteiger partial charge < -0.3 is 0 Å². The fraction of sp³-hybridized carbons (Fsp3) is 0.320. The number of nitrogens with zero attached hydrogens (tertiary/aromatic N) is 1. The molecule has 26 heavy (non-hydrogen) atoms. The van der Waals surface area contributed by atoms with E-state index in [-0.39, 0.29) is 0 Å². The third-order valence-electron chi connectivity index (χ3n) is 5.01. The Balaban J connectivity index is 1.66. The Morgan fingerprint density at radius 3 is 1.73 bits per heavy atom. The molecule has 0 amide bonds. The van der Waals surface area contributed by atoms with Gasteiger partial charge in [-0.25, -0.2) is 0 Å². The summed E-state index contributed by atoms with van der Waals surface area (Å²) in [7, 11) is 0. The lowest BCUT2D eigenvalue weighted by atomic mass is 9.99. The summed E-state index contributed by atoms with van der Waals surface area (Å²) >= 11 is 0. The lowest BCUT2D eigenvalue weighted by molar-refractivity contribution is 0.667. The van der Waals surface area contributed by atoms with Gasteiger partial charge in [-0.2, -0.15) is 0 Å². The van der Waals surface area contributed by atoms with Crippen LogP contribution in [-0.4, -0.2) is 4.98 Å². The first-order chi connectivity index (χ1) is 12.8. The molecule has 0 fully saturated rings. The van der Waals surface area contributed by atoms with Gasteiger partial charge in [0.15, 0.2) is 0 Å². The zero-order chi connectivity index (χ0) is 18.2. The van der Waals surface area contributed by atoms with E-state index in [2.05, 4.69) is 79.5 Å². The van der Waals surface area contributed by atoms with E-state index in [1.165, 1.54) is 59.9 Å². The number of aryl methyl sites for hydroxylation is 2. The van der Waals surface area contributed by atoms with Crippen LogP contribution in [0, 0.1) is 0 Å². The summed E-state index contributed by atoms with van der Waals surface area (Å²) in [6.07, 6.45) is 9.43. The molecule has 0 spiro atoms. The summed E-state index contributed by atoms with van der Waals surface area (Å²) in [6, 6.07) is 22.1. The molecule has 0 N–H and O–H groups in total. The Morgan fingerprint density at radius 1 is 0.615 bits per heavy atom. The molecule has 1 aromatic heterocycles. The molecule has 0 saturated carbocycles. The first-order valence-electron chi connectivity index (χ1n) is 9.95. The molecular weight excluding hydrogens is 314 g/mol. The first-order valence-corrected chi connectivity index (χ1v) is 9.95. The summed E-state index contributed by atoms with van der Waals surface area (Å²) in [6.45, 7) is 4.39. The van der Waals surface area contributed by atoms with Gasteiger partial charge in [0, 0.05) is 17.5 Å². The van der Waals surface area contributed by atoms with Gasteiger partial charge in [-0.1, -0.05) is 87.7 Å². The van der Waals surface area contributed by atoms with Crippen molar-refractivity contribution in [3.05, 3.63) is 78.1 Å². The van der Waals surface area contributed by atoms with E-state index in [9.17, 15) is 0 Å². The molecule has 0 saturated heterocycles. The second kappa shape index (κ2) is 9.33. The Kier molecular flexibility index (Phi) is 6.60. The minimum absolute atomic E-state index is 0.980. The Labute approximate surface area is 158 Å². The summed E-state index contributed by atoms with van der Waals surface area (Å²) in [4.78, 5) is 4.50. The van der Waals surface area contributed by atoms with Crippen molar-refractivity contribution in [2.24, 2.45) is 0 Å². The highest BCUT2D eigenvalue weighted by molar-refractivity contribution is 5.70. The number of aromatic nitrogens is 1. The molecule has 1 heteroatoms. The largest absolute Gasteiger partial charge is 0.261 e. The standard InChI is InChI=1S/C25H29N/c1-3-5-6-7-8-20-9-11-21(12-10-20)22-13-15-23(16-14-22)24-17-18-25(4-2)26-19-24/h9-19H,3-8H2,1-2H3. The molecule has 0 atom stereocenters. The number of unbranched alkanes of at least 4 members (excludes halogenated alkanes) is 3. The number of hydrogen-bond donors (Lipinski definition) is 0. The minimum atomic E-state index is 0.980. The maximum Gasteiger partial charge on any atom is 0.0401 e. The van der Waals surface area contributed by atoms with Crippen LogP contribution in [-0.2, 0) is 12.8 Å². The normalized spacial score (nSPS) is 10.8. The molecule has 0 aliphatic heterocycles. The van der Waals surface area contributed by atoms with Crippen LogP contribution in [0.3, 0.4) is 0 Å². The van der Waals surface area contributed by atoms with Gasteiger partial charge in [-0.15, -0.1) is 0 Å². The second-order valence-electron chi connectivity index (χ2n) is 6.98. The van der Waals surface area contributed by atoms with Gasteiger partial charge in [0.05, 0.1) is 0 Å². The molecule has 3 rings (SSSR count). The Bertz CT molecular complexity index is 783. The zero-order valence-corrected chi connectivity index (χ0v) is 16.0. The quantitative estimate of drug-likeness (QED) is 0.397. The molecule has 0 unspecified atom stereocenters. The molecular formula is C25H29N. The smallest absolute Gasteiger partial charge is 0.0401 e. The summed E-state index contributed by atoms with van der Waals surface area (Å²) in [5, 5.41) is 0. The van der Waals surface area contributed by atoms with Gasteiger partial charge in [-0.05, 0) is 47.6 Å². The van der Waals surface area contributed by atoms with Crippen molar-refractivity contribution in [2.45, 2.75) is 52.4 Å². The van der Waals surface area contributed by atoms with Gasteiger partial charge in [0.25, 0.3) is 0 Å². The highest BCUT2D eigenvalue weighted by Gasteiger charge is 2.02. The third-order valence-corrected chi connectivity index (χ3v) is 5.01. The number of rotatable bonds is 8. The number of benzene rings is 2. The van der Waals surface area contributed by atoms with E-state index >= 15 is 0 Å². The van der Waals surface area contributed by atoms with Crippen molar-refractivity contribution in [1.82, 2.24) is 4.98 Å². The molecule has 134 valence electrons. The van der Waals surface area contributed by atoms with Crippen molar-refractivity contribution in [3.63, 3.8) is 0 Å². The third kappa shape index (κ3) is 4.82. The van der Waals surface area contributed by atoms with E-state index in [1.807, 2.05) is 6.20 Å². The molecule has 1 nitrogen and oxygen atoms in total. The highest BCUT2D eigenvalue weighted by atomic mass is 14.7. The Hall–Kier alpha value is -2.41. The summed E-state index contributed by atoms with van der Waals surface area (Å²) < 4.78 is 0. The first kappa shape index (κ1) is 18.4. The molecule has 2 aromatic carbocycles. The van der Waals surface area contributed by atoms with Gasteiger partial charge in [0.1, 0.15) is 0 Å². The SMILES string of the molecule is CCCCCCc1ccc(-c2ccc(-c3ccc(CC)nc3)cc2)cc1. The maximum atomic E-state index is 4.50. The van der Waals surface area contributed by atoms with Crippen LogP contribution in [0.15, 0.2) is 66.9 Å². The predicted molar refractivity (Wildman–Crippen MR) is 112 cm³/mol. The fourth-order valence-electron chi connectivity index (χ4n) is 3.28. The van der Waals surface area contributed by atoms with Crippen molar-refractivity contribution in [3.8, 4) is 22.3 Å². The molecule has 0 radical (unpaired) electrons. The molecule has 1 heterocycles. The van der Waals surface area contributed by atoms with Crippen LogP contribution >= 0.6 is 0 Å². The topological polar surface area (TPSA) is 12.9 Å². The van der Waals surface area contributed by atoms with Crippen LogP contribution in [0.1, 0.15) is 50.8 Å². The van der Waals surface area contributed by atoms with E-state index in [1.54, 1.807) is 0 Å². The van der Waals surface area contributed by atoms with Crippen molar-refractivity contribution < 1.29 is 0 Å². The van der Waals surface area contributed by atoms with E-state index in [0.717, 1.165) is 12.1 Å². The van der Waals surface area contributed by atoms with E-state index < -0.39 is 0 Å². The van der Waals surface area contributed by atoms with Crippen molar-refractivity contribution in [1.29, 1.82) is 0 Å². The van der Waals surface area contributed by atoms with Crippen molar-refractivity contribution >= 4 is 0 Å². The van der Waals surface area contributed by atoms with Crippen LogP contribution in [0.4, 0.5) is 0 Å². The lowest BCUT2D eigenvalue weighted by Gasteiger charge is -2.07. The van der Waals surface area contributed by atoms with Gasteiger partial charge >= 0.3 is 0 Å². The van der Waals surface area contributed by atoms with Crippen molar-refractivity contribution in [2.75, 3.05) is 0 Å². The predicted octanol–water partition coefficient (Wildman–Crippen LogP) is 7.10. The van der Waals surface area contributed by atoms with Gasteiger partial charge in [-0.3, -0.25) is 4.98 Å². The van der Waals surface area contributed by atoms with Crippen LogP contribution < -0.4 is 0 Å². The van der Waals surface area contributed by atoms with Crippen LogP contribution in [0.2, 0.25) is 0 Å². The fourth-order valence-corrected chi connectivity index (χ4v) is 3.28. The number of hydrogen-bond acceptors (Lipinski definition) is 1. The monoisotopic (exact) mass is 343 g/mol. The summed E-state index contributed by atoms with van der Waals surface area (Å²) in [5.41, 5.74) is 7.54. The number of pyridine rings is 1. The molecule has 3 aromatic rings. The van der Waals surface area contributed by atoms with Gasteiger partial charge in [0.2, 0.25) is 0 Å². The van der Waals surface area contributed by atoms with Crippen LogP contribution in [0.25, 0.3) is 22.3 Å². The van der Waals surface area contributed by atoms with E-state index in [0.29, 0.717) is 0 Å².